The van der Waals surface area contributed by atoms with Gasteiger partial charge in [-0.05, 0) is 79.4 Å². The smallest absolute Gasteiger partial charge is 0.0431 e. The Morgan fingerprint density at radius 1 is 0.793 bits per heavy atom. The number of hydrogen-bond acceptors (Lipinski definition) is 4. The summed E-state index contributed by atoms with van der Waals surface area (Å²) in [5.41, 5.74) is 5.58. The fraction of sp³-hybridized carbons (Fsp3) is 0.360. The maximum absolute atomic E-state index is 4.21. The first kappa shape index (κ1) is 18.3. The van der Waals surface area contributed by atoms with Gasteiger partial charge in [-0.2, -0.15) is 0 Å². The summed E-state index contributed by atoms with van der Waals surface area (Å²) < 4.78 is 0. The Morgan fingerprint density at radius 2 is 1.45 bits per heavy atom. The topological polar surface area (TPSA) is 32.3 Å². The average molecular weight is 385 g/mol. The third-order valence-electron chi connectivity index (χ3n) is 6.49. The molecule has 0 radical (unpaired) electrons. The van der Waals surface area contributed by atoms with Crippen molar-refractivity contribution in [1.29, 1.82) is 0 Å². The molecule has 2 aromatic heterocycles. The fourth-order valence-corrected chi connectivity index (χ4v) is 5.07. The number of para-hydroxylation sites is 1. The number of hydrogen-bond donors (Lipinski definition) is 0. The second-order valence-electron chi connectivity index (χ2n) is 8.27. The molecule has 1 aromatic carbocycles. The summed E-state index contributed by atoms with van der Waals surface area (Å²) in [4.78, 5) is 13.7. The van der Waals surface area contributed by atoms with Crippen molar-refractivity contribution in [3.8, 4) is 0 Å². The lowest BCUT2D eigenvalue weighted by Crippen LogP contribution is -2.50. The molecule has 1 saturated heterocycles. The highest BCUT2D eigenvalue weighted by Gasteiger charge is 2.37. The minimum Gasteiger partial charge on any atom is -0.365 e. The Morgan fingerprint density at radius 3 is 2.17 bits per heavy atom. The first-order valence-electron chi connectivity index (χ1n) is 10.7. The van der Waals surface area contributed by atoms with Crippen molar-refractivity contribution in [2.45, 2.75) is 37.8 Å². The van der Waals surface area contributed by atoms with E-state index in [0.29, 0.717) is 12.0 Å². The van der Waals surface area contributed by atoms with Gasteiger partial charge < -0.3 is 4.90 Å². The number of fused-ring (bicyclic) bond motifs is 1. The Labute approximate surface area is 173 Å². The van der Waals surface area contributed by atoms with Gasteiger partial charge in [0.2, 0.25) is 0 Å². The van der Waals surface area contributed by atoms with E-state index in [9.17, 15) is 0 Å². The zero-order chi connectivity index (χ0) is 19.5. The molecule has 0 spiro atoms. The zero-order valence-electron chi connectivity index (χ0n) is 16.8. The van der Waals surface area contributed by atoms with Crippen LogP contribution >= 0.6 is 0 Å². The van der Waals surface area contributed by atoms with Gasteiger partial charge in [0.1, 0.15) is 0 Å². The highest BCUT2D eigenvalue weighted by atomic mass is 15.2. The monoisotopic (exact) mass is 384 g/mol. The SMILES string of the molecule is c1ccc2c(c1)C(Cc1ccncc1)C(N1CCCC1)CN2Cc1ccncc1. The molecule has 4 nitrogen and oxygen atoms in total. The summed E-state index contributed by atoms with van der Waals surface area (Å²) in [6.07, 6.45) is 11.4. The van der Waals surface area contributed by atoms with Crippen LogP contribution in [-0.4, -0.2) is 40.5 Å². The Hall–Kier alpha value is -2.72. The van der Waals surface area contributed by atoms with E-state index in [4.69, 9.17) is 0 Å². The lowest BCUT2D eigenvalue weighted by Gasteiger charge is -2.45. The fourth-order valence-electron chi connectivity index (χ4n) is 5.07. The van der Waals surface area contributed by atoms with E-state index < -0.39 is 0 Å². The molecule has 2 atom stereocenters. The van der Waals surface area contributed by atoms with Gasteiger partial charge in [0.05, 0.1) is 0 Å². The van der Waals surface area contributed by atoms with Crippen LogP contribution in [0, 0.1) is 0 Å². The molecular formula is C25H28N4. The van der Waals surface area contributed by atoms with Gasteiger partial charge in [-0.3, -0.25) is 14.9 Å². The second kappa shape index (κ2) is 8.34. The Balaban J connectivity index is 1.51. The normalized spacial score (nSPS) is 21.9. The molecule has 0 saturated carbocycles. The minimum absolute atomic E-state index is 0.514. The van der Waals surface area contributed by atoms with Crippen molar-refractivity contribution in [3.63, 3.8) is 0 Å². The molecule has 4 heterocycles. The molecule has 148 valence electrons. The van der Waals surface area contributed by atoms with Crippen LogP contribution in [0.5, 0.6) is 0 Å². The first-order valence-corrected chi connectivity index (χ1v) is 10.7. The molecular weight excluding hydrogens is 356 g/mol. The quantitative estimate of drug-likeness (QED) is 0.657. The van der Waals surface area contributed by atoms with Gasteiger partial charge in [0.25, 0.3) is 0 Å². The number of benzene rings is 1. The van der Waals surface area contributed by atoms with E-state index in [2.05, 4.69) is 68.3 Å². The highest BCUT2D eigenvalue weighted by Crippen LogP contribution is 2.40. The van der Waals surface area contributed by atoms with Crippen molar-refractivity contribution in [2.75, 3.05) is 24.5 Å². The maximum atomic E-state index is 4.21. The average Bonchev–Trinajstić information content (AvgIpc) is 3.31. The predicted octanol–water partition coefficient (Wildman–Crippen LogP) is 4.29. The maximum Gasteiger partial charge on any atom is 0.0431 e. The van der Waals surface area contributed by atoms with Crippen LogP contribution in [-0.2, 0) is 13.0 Å². The molecule has 3 aromatic rings. The van der Waals surface area contributed by atoms with Gasteiger partial charge in [-0.25, -0.2) is 0 Å². The Kier molecular flexibility index (Phi) is 5.27. The highest BCUT2D eigenvalue weighted by molar-refractivity contribution is 5.59. The summed E-state index contributed by atoms with van der Waals surface area (Å²) in [5, 5.41) is 0. The standard InChI is InChI=1S/C25H28N4/c1-2-6-24-22(5-1)23(17-20-7-11-26-12-8-20)25(28-15-3-4-16-28)19-29(24)18-21-9-13-27-14-10-21/h1-2,5-14,23,25H,3-4,15-19H2. The lowest BCUT2D eigenvalue weighted by atomic mass is 9.81. The number of likely N-dealkylation sites (tertiary alicyclic amines) is 1. The summed E-state index contributed by atoms with van der Waals surface area (Å²) in [5.74, 6) is 0.514. The first-order chi connectivity index (χ1) is 14.4. The van der Waals surface area contributed by atoms with Gasteiger partial charge in [-0.1, -0.05) is 18.2 Å². The van der Waals surface area contributed by atoms with Crippen molar-refractivity contribution < 1.29 is 0 Å². The summed E-state index contributed by atoms with van der Waals surface area (Å²) in [6, 6.07) is 18.2. The largest absolute Gasteiger partial charge is 0.365 e. The van der Waals surface area contributed by atoms with E-state index in [1.54, 1.807) is 0 Å². The van der Waals surface area contributed by atoms with E-state index in [0.717, 1.165) is 19.5 Å². The molecule has 1 fully saturated rings. The van der Waals surface area contributed by atoms with Crippen molar-refractivity contribution in [2.24, 2.45) is 0 Å². The number of anilines is 1. The van der Waals surface area contributed by atoms with Crippen molar-refractivity contribution in [3.05, 3.63) is 90.0 Å². The molecule has 2 aliphatic rings. The molecule has 0 bridgehead atoms. The molecule has 0 N–H and O–H groups in total. The van der Waals surface area contributed by atoms with Gasteiger partial charge in [0, 0.05) is 55.5 Å². The number of rotatable bonds is 5. The molecule has 4 heteroatoms. The van der Waals surface area contributed by atoms with Crippen LogP contribution in [0.1, 0.15) is 35.4 Å². The van der Waals surface area contributed by atoms with E-state index in [1.165, 1.54) is 48.3 Å². The molecule has 2 aliphatic heterocycles. The van der Waals surface area contributed by atoms with E-state index in [-0.39, 0.29) is 0 Å². The van der Waals surface area contributed by atoms with Crippen molar-refractivity contribution in [1.82, 2.24) is 14.9 Å². The van der Waals surface area contributed by atoms with Crippen LogP contribution < -0.4 is 4.90 Å². The third kappa shape index (κ3) is 3.90. The zero-order valence-corrected chi connectivity index (χ0v) is 16.8. The van der Waals surface area contributed by atoms with Crippen LogP contribution in [0.15, 0.2) is 73.3 Å². The van der Waals surface area contributed by atoms with Crippen LogP contribution in [0.2, 0.25) is 0 Å². The Bertz CT molecular complexity index is 922. The van der Waals surface area contributed by atoms with Gasteiger partial charge in [0.15, 0.2) is 0 Å². The summed E-state index contributed by atoms with van der Waals surface area (Å²) >= 11 is 0. The number of aromatic nitrogens is 2. The number of nitrogens with zero attached hydrogens (tertiary/aromatic N) is 4. The van der Waals surface area contributed by atoms with E-state index in [1.807, 2.05) is 24.8 Å². The molecule has 29 heavy (non-hydrogen) atoms. The van der Waals surface area contributed by atoms with Crippen molar-refractivity contribution >= 4 is 5.69 Å². The molecule has 5 rings (SSSR count). The molecule has 0 amide bonds. The van der Waals surface area contributed by atoms with Crippen LogP contribution in [0.3, 0.4) is 0 Å². The van der Waals surface area contributed by atoms with E-state index >= 15 is 0 Å². The number of pyridine rings is 2. The lowest BCUT2D eigenvalue weighted by molar-refractivity contribution is 0.203. The minimum atomic E-state index is 0.514. The summed E-state index contributed by atoms with van der Waals surface area (Å²) in [7, 11) is 0. The molecule has 2 unspecified atom stereocenters. The molecule has 0 aliphatic carbocycles. The third-order valence-corrected chi connectivity index (χ3v) is 6.49. The van der Waals surface area contributed by atoms with Gasteiger partial charge in [-0.15, -0.1) is 0 Å². The van der Waals surface area contributed by atoms with Crippen LogP contribution in [0.4, 0.5) is 5.69 Å². The predicted molar refractivity (Wildman–Crippen MR) is 117 cm³/mol. The second-order valence-corrected chi connectivity index (χ2v) is 8.27. The summed E-state index contributed by atoms with van der Waals surface area (Å²) in [6.45, 7) is 4.46. The van der Waals surface area contributed by atoms with Gasteiger partial charge >= 0.3 is 0 Å². The van der Waals surface area contributed by atoms with Crippen LogP contribution in [0.25, 0.3) is 0 Å².